The summed E-state index contributed by atoms with van der Waals surface area (Å²) >= 11 is 0. The molecule has 2 aliphatic carbocycles. The van der Waals surface area contributed by atoms with Crippen molar-refractivity contribution in [2.75, 3.05) is 0 Å². The molecular weight excluding hydrogens is 369 g/mol. The van der Waals surface area contributed by atoms with E-state index in [-0.39, 0.29) is 17.2 Å². The Hall–Kier alpha value is -3.44. The second-order valence-electron chi connectivity index (χ2n) is 6.72. The number of hydrogen-bond acceptors (Lipinski definition) is 5. The summed E-state index contributed by atoms with van der Waals surface area (Å²) in [6.45, 7) is 0. The number of nitrogens with zero attached hydrogens (tertiary/aromatic N) is 3. The highest BCUT2D eigenvalue weighted by Crippen LogP contribution is 2.55. The van der Waals surface area contributed by atoms with Crippen molar-refractivity contribution in [2.24, 2.45) is 17.1 Å². The fraction of sp³-hybridized carbons (Fsp3) is 0.350. The van der Waals surface area contributed by atoms with Gasteiger partial charge in [0.1, 0.15) is 11.8 Å². The van der Waals surface area contributed by atoms with Gasteiger partial charge in [0.15, 0.2) is 5.41 Å². The van der Waals surface area contributed by atoms with Gasteiger partial charge in [0, 0.05) is 5.92 Å². The zero-order valence-corrected chi connectivity index (χ0v) is 14.6. The molecule has 142 valence electrons. The van der Waals surface area contributed by atoms with Crippen molar-refractivity contribution in [1.82, 2.24) is 0 Å². The standard InChI is InChI=1S/C20H15F3N4O/c21-20(22,23)28-13-7-5-12(6-8-13)17-15-4-2-1-3-14(15)16(9-24)18(27)19(17,10-25)11-26/h3,5-8,15,17H,1-2,4,27H2. The maximum Gasteiger partial charge on any atom is 0.573 e. The van der Waals surface area contributed by atoms with E-state index in [0.717, 1.165) is 25.0 Å². The van der Waals surface area contributed by atoms with Crippen molar-refractivity contribution in [3.8, 4) is 24.0 Å². The SMILES string of the molecule is N#CC1=C(N)C(C#N)(C#N)C(c2ccc(OC(F)(F)F)cc2)C2CCCC=C12. The van der Waals surface area contributed by atoms with Crippen LogP contribution in [0.2, 0.25) is 0 Å². The topological polar surface area (TPSA) is 107 Å². The van der Waals surface area contributed by atoms with Gasteiger partial charge >= 0.3 is 6.36 Å². The van der Waals surface area contributed by atoms with E-state index in [0.29, 0.717) is 17.6 Å². The summed E-state index contributed by atoms with van der Waals surface area (Å²) < 4.78 is 41.1. The van der Waals surface area contributed by atoms with Crippen LogP contribution < -0.4 is 10.5 Å². The summed E-state index contributed by atoms with van der Waals surface area (Å²) in [5.74, 6) is -1.40. The summed E-state index contributed by atoms with van der Waals surface area (Å²) in [7, 11) is 0. The Labute approximate surface area is 159 Å². The molecule has 8 heteroatoms. The molecule has 0 bridgehead atoms. The first kappa shape index (κ1) is 19.3. The van der Waals surface area contributed by atoms with Gasteiger partial charge in [0.2, 0.25) is 0 Å². The molecule has 1 aromatic rings. The number of ether oxygens (including phenoxy) is 1. The molecule has 2 atom stereocenters. The number of rotatable bonds is 2. The number of benzene rings is 1. The van der Waals surface area contributed by atoms with Crippen LogP contribution in [0.4, 0.5) is 13.2 Å². The maximum atomic E-state index is 12.4. The fourth-order valence-electron chi connectivity index (χ4n) is 4.13. The van der Waals surface area contributed by atoms with Crippen molar-refractivity contribution in [3.05, 3.63) is 52.7 Å². The molecule has 0 heterocycles. The summed E-state index contributed by atoms with van der Waals surface area (Å²) in [6.07, 6.45) is -0.718. The van der Waals surface area contributed by atoms with Crippen LogP contribution in [0.5, 0.6) is 5.75 Å². The van der Waals surface area contributed by atoms with E-state index >= 15 is 0 Å². The lowest BCUT2D eigenvalue weighted by atomic mass is 9.57. The van der Waals surface area contributed by atoms with E-state index in [1.807, 2.05) is 24.3 Å². The molecule has 0 saturated heterocycles. The van der Waals surface area contributed by atoms with Crippen molar-refractivity contribution in [1.29, 1.82) is 15.8 Å². The van der Waals surface area contributed by atoms with Crippen LogP contribution in [0.15, 0.2) is 47.2 Å². The minimum Gasteiger partial charge on any atom is -0.406 e. The lowest BCUT2D eigenvalue weighted by molar-refractivity contribution is -0.274. The fourth-order valence-corrected chi connectivity index (χ4v) is 4.13. The molecule has 0 radical (unpaired) electrons. The minimum atomic E-state index is -4.82. The Balaban J connectivity index is 2.15. The van der Waals surface area contributed by atoms with Crippen molar-refractivity contribution in [3.63, 3.8) is 0 Å². The highest BCUT2D eigenvalue weighted by atomic mass is 19.4. The Morgan fingerprint density at radius 1 is 1.11 bits per heavy atom. The number of alkyl halides is 3. The van der Waals surface area contributed by atoms with E-state index in [4.69, 9.17) is 5.73 Å². The van der Waals surface area contributed by atoms with Crippen molar-refractivity contribution in [2.45, 2.75) is 31.5 Å². The molecular formula is C20H15F3N4O. The highest BCUT2D eigenvalue weighted by Gasteiger charge is 2.53. The smallest absolute Gasteiger partial charge is 0.406 e. The molecule has 0 spiro atoms. The number of fused-ring (bicyclic) bond motifs is 1. The lowest BCUT2D eigenvalue weighted by Gasteiger charge is -2.43. The van der Waals surface area contributed by atoms with Gasteiger partial charge in [-0.15, -0.1) is 13.2 Å². The van der Waals surface area contributed by atoms with E-state index in [9.17, 15) is 29.0 Å². The van der Waals surface area contributed by atoms with Crippen LogP contribution in [0.1, 0.15) is 30.7 Å². The van der Waals surface area contributed by atoms with Crippen molar-refractivity contribution >= 4 is 0 Å². The Bertz CT molecular complexity index is 957. The van der Waals surface area contributed by atoms with Crippen molar-refractivity contribution < 1.29 is 17.9 Å². The first-order valence-electron chi connectivity index (χ1n) is 8.56. The summed E-state index contributed by atoms with van der Waals surface area (Å²) in [5.41, 5.74) is 5.60. The highest BCUT2D eigenvalue weighted by molar-refractivity contribution is 5.59. The normalized spacial score (nSPS) is 23.5. The van der Waals surface area contributed by atoms with Gasteiger partial charge in [0.05, 0.1) is 23.4 Å². The predicted octanol–water partition coefficient (Wildman–Crippen LogP) is 4.18. The molecule has 2 unspecified atom stereocenters. The van der Waals surface area contributed by atoms with E-state index in [1.54, 1.807) is 0 Å². The molecule has 0 fully saturated rings. The summed E-state index contributed by atoms with van der Waals surface area (Å²) in [5, 5.41) is 29.3. The van der Waals surface area contributed by atoms with E-state index < -0.39 is 23.4 Å². The molecule has 3 rings (SSSR count). The van der Waals surface area contributed by atoms with Gasteiger partial charge in [-0.2, -0.15) is 15.8 Å². The van der Waals surface area contributed by atoms with Gasteiger partial charge in [-0.3, -0.25) is 0 Å². The Morgan fingerprint density at radius 2 is 1.75 bits per heavy atom. The molecule has 0 saturated carbocycles. The molecule has 2 N–H and O–H groups in total. The molecule has 0 aliphatic heterocycles. The Morgan fingerprint density at radius 3 is 2.29 bits per heavy atom. The van der Waals surface area contributed by atoms with E-state index in [1.165, 1.54) is 12.1 Å². The molecule has 1 aromatic carbocycles. The maximum absolute atomic E-state index is 12.4. The van der Waals surface area contributed by atoms with Gasteiger partial charge in [-0.25, -0.2) is 0 Å². The van der Waals surface area contributed by atoms with Gasteiger partial charge in [-0.05, 0) is 48.4 Å². The van der Waals surface area contributed by atoms with Gasteiger partial charge in [-0.1, -0.05) is 18.2 Å². The third-order valence-electron chi connectivity index (χ3n) is 5.27. The number of nitrogens with two attached hydrogens (primary N) is 1. The number of allylic oxidation sites excluding steroid dienone is 4. The average Bonchev–Trinajstić information content (AvgIpc) is 2.67. The van der Waals surface area contributed by atoms with Crippen LogP contribution in [0, 0.1) is 45.3 Å². The molecule has 0 amide bonds. The second kappa shape index (κ2) is 6.94. The lowest BCUT2D eigenvalue weighted by Crippen LogP contribution is -2.42. The third-order valence-corrected chi connectivity index (χ3v) is 5.27. The Kier molecular flexibility index (Phi) is 4.79. The second-order valence-corrected chi connectivity index (χ2v) is 6.72. The molecule has 0 aromatic heterocycles. The predicted molar refractivity (Wildman–Crippen MR) is 91.8 cm³/mol. The zero-order chi connectivity index (χ0) is 20.5. The third kappa shape index (κ3) is 3.06. The first-order chi connectivity index (χ1) is 13.3. The molecule has 28 heavy (non-hydrogen) atoms. The minimum absolute atomic E-state index is 0.106. The van der Waals surface area contributed by atoms with Crippen LogP contribution in [-0.2, 0) is 0 Å². The molecule has 5 nitrogen and oxygen atoms in total. The van der Waals surface area contributed by atoms with Crippen LogP contribution in [0.25, 0.3) is 0 Å². The zero-order valence-electron chi connectivity index (χ0n) is 14.6. The average molecular weight is 384 g/mol. The first-order valence-corrected chi connectivity index (χ1v) is 8.56. The van der Waals surface area contributed by atoms with Crippen LogP contribution >= 0.6 is 0 Å². The van der Waals surface area contributed by atoms with Gasteiger partial charge in [0.25, 0.3) is 0 Å². The number of halogens is 3. The summed E-state index contributed by atoms with van der Waals surface area (Å²) in [4.78, 5) is 0. The summed E-state index contributed by atoms with van der Waals surface area (Å²) in [6, 6.07) is 11.1. The number of nitriles is 3. The number of hydrogen-bond donors (Lipinski definition) is 1. The quantitative estimate of drug-likeness (QED) is 0.823. The van der Waals surface area contributed by atoms with Gasteiger partial charge < -0.3 is 10.5 Å². The largest absolute Gasteiger partial charge is 0.573 e. The van der Waals surface area contributed by atoms with E-state index in [2.05, 4.69) is 4.74 Å². The monoisotopic (exact) mass is 384 g/mol. The molecule has 2 aliphatic rings. The van der Waals surface area contributed by atoms with Crippen LogP contribution in [-0.4, -0.2) is 6.36 Å². The van der Waals surface area contributed by atoms with Crippen LogP contribution in [0.3, 0.4) is 0 Å².